The molecule has 0 aliphatic rings. The van der Waals surface area contributed by atoms with Gasteiger partial charge in [-0.1, -0.05) is 0 Å². The van der Waals surface area contributed by atoms with Gasteiger partial charge in [-0.15, -0.1) is 0 Å². The number of hydrogen-bond donors (Lipinski definition) is 1. The molecule has 0 rings (SSSR count). The maximum absolute atomic E-state index is 8.50. The average Bonchev–Trinajstić information content (AvgIpc) is 2.18. The van der Waals surface area contributed by atoms with Crippen LogP contribution in [0.1, 0.15) is 12.8 Å². The summed E-state index contributed by atoms with van der Waals surface area (Å²) < 4.78 is 1.36. The Hall–Kier alpha value is 0.159. The zero-order chi connectivity index (χ0) is 12.9. The first-order valence-corrected chi connectivity index (χ1v) is 6.73. The molecule has 2 N–H and O–H groups in total. The van der Waals surface area contributed by atoms with E-state index in [0.717, 1.165) is 22.2 Å². The van der Waals surface area contributed by atoms with Gasteiger partial charge in [0.25, 0.3) is 0 Å². The van der Waals surface area contributed by atoms with Crippen LogP contribution in [-0.4, -0.2) is 44.8 Å². The van der Waals surface area contributed by atoms with Crippen molar-refractivity contribution in [3.63, 3.8) is 0 Å². The Morgan fingerprint density at radius 2 is 1.20 bits per heavy atom. The topological polar surface area (TPSA) is 77.2 Å². The molecule has 0 aromatic rings. The van der Waals surface area contributed by atoms with Crippen molar-refractivity contribution in [1.29, 1.82) is 0 Å². The summed E-state index contributed by atoms with van der Waals surface area (Å²) in [7, 11) is 0. The van der Waals surface area contributed by atoms with E-state index in [-0.39, 0.29) is 0 Å². The summed E-state index contributed by atoms with van der Waals surface area (Å²) in [5.41, 5.74) is 5.22. The summed E-state index contributed by atoms with van der Waals surface area (Å²) in [4.78, 5) is 25.5. The zero-order valence-electron chi connectivity index (χ0n) is 7.86. The monoisotopic (exact) mass is 372 g/mol. The first-order valence-electron chi connectivity index (χ1n) is 3.49. The van der Waals surface area contributed by atoms with Gasteiger partial charge in [-0.05, 0) is 0 Å². The molecular weight excluding hydrogens is 361 g/mol. The summed E-state index contributed by atoms with van der Waals surface area (Å²) in [6, 6.07) is 0. The van der Waals surface area contributed by atoms with Gasteiger partial charge in [0.05, 0.1) is 0 Å². The predicted octanol–water partition coefficient (Wildman–Crippen LogP) is 1.07. The molecule has 0 aromatic carbocycles. The Balaban J connectivity index is -0.0000000581. The third-order valence-corrected chi connectivity index (χ3v) is 1.64. The molecule has 4 nitrogen and oxygen atoms in total. The van der Waals surface area contributed by atoms with Crippen molar-refractivity contribution in [2.75, 3.05) is 6.54 Å². The van der Waals surface area contributed by atoms with Crippen LogP contribution < -0.4 is 5.73 Å². The molecule has 0 atom stereocenters. The molecule has 0 fully saturated rings. The van der Waals surface area contributed by atoms with Crippen LogP contribution in [0.2, 0.25) is 4.44 Å². The Morgan fingerprint density at radius 3 is 1.27 bits per heavy atom. The van der Waals surface area contributed by atoms with Crippen molar-refractivity contribution in [2.24, 2.45) is 5.73 Å². The molecule has 0 aliphatic heterocycles. The molecule has 0 amide bonds. The second-order valence-corrected chi connectivity index (χ2v) is 3.42. The molecule has 0 saturated heterocycles. The summed E-state index contributed by atoms with van der Waals surface area (Å²) in [6.45, 7) is 0.869. The van der Waals surface area contributed by atoms with E-state index in [1.807, 2.05) is 0 Å². The van der Waals surface area contributed by atoms with Crippen molar-refractivity contribution >= 4 is 74.9 Å². The number of carbonyl (C=O) groups excluding carboxylic acids is 3. The Labute approximate surface area is 118 Å². The van der Waals surface area contributed by atoms with Gasteiger partial charge in [-0.2, -0.15) is 0 Å². The molecule has 0 aliphatic carbocycles. The van der Waals surface area contributed by atoms with Gasteiger partial charge < -0.3 is 0 Å². The van der Waals surface area contributed by atoms with E-state index < -0.39 is 0 Å². The normalized spacial score (nSPS) is 5.20. The van der Waals surface area contributed by atoms with E-state index in [0.29, 0.717) is 0 Å². The SMILES string of the molecule is NCCC[CH2][Sn].O=C=S.O=C=S.O=C=S. The zero-order valence-corrected chi connectivity index (χ0v) is 13.2. The fourth-order valence-corrected chi connectivity index (χ4v) is 0.983. The minimum absolute atomic E-state index is 0.869. The Kier molecular flexibility index (Phi) is 77.8. The molecule has 0 heterocycles. The maximum atomic E-state index is 8.50. The molecule has 0 bridgehead atoms. The largest absolute Gasteiger partial charge is 0.220 e. The van der Waals surface area contributed by atoms with E-state index in [1.54, 1.807) is 22.5 Å². The standard InChI is InChI=1S/C4H10N.3COS.Sn/c1-2-3-4-5;3*2-1-3;/h1-5H2;;;;. The van der Waals surface area contributed by atoms with Crippen molar-refractivity contribution in [3.8, 4) is 0 Å². The molecular formula is C7H10NO3S3Sn. The first-order chi connectivity index (χ1) is 7.16. The van der Waals surface area contributed by atoms with Crippen molar-refractivity contribution < 1.29 is 14.4 Å². The summed E-state index contributed by atoms with van der Waals surface area (Å²) in [6.07, 6.45) is 2.54. The molecule has 15 heavy (non-hydrogen) atoms. The third kappa shape index (κ3) is 210. The smallest absolute Gasteiger partial charge is 0.202 e. The van der Waals surface area contributed by atoms with Crippen molar-refractivity contribution in [3.05, 3.63) is 0 Å². The summed E-state index contributed by atoms with van der Waals surface area (Å²) >= 11 is 12.4. The predicted molar refractivity (Wildman–Crippen MR) is 68.7 cm³/mol. The van der Waals surface area contributed by atoms with Crippen LogP contribution in [0.25, 0.3) is 0 Å². The van der Waals surface area contributed by atoms with E-state index >= 15 is 0 Å². The molecule has 8 heteroatoms. The Morgan fingerprint density at radius 1 is 0.933 bits per heavy atom. The fourth-order valence-electron chi connectivity index (χ4n) is 0.269. The van der Waals surface area contributed by atoms with Crippen LogP contribution in [-0.2, 0) is 14.4 Å². The number of hydrogen-bond acceptors (Lipinski definition) is 7. The maximum Gasteiger partial charge on any atom is 0.202 e. The summed E-state index contributed by atoms with van der Waals surface area (Å²) in [5.74, 6) is 0. The Bertz CT molecular complexity index is 163. The van der Waals surface area contributed by atoms with Crippen LogP contribution in [0.5, 0.6) is 0 Å². The fraction of sp³-hybridized carbons (Fsp3) is 0.571. The van der Waals surface area contributed by atoms with E-state index in [2.05, 4.69) is 36.7 Å². The molecule has 0 spiro atoms. The molecule has 83 valence electrons. The second-order valence-electron chi connectivity index (χ2n) is 1.50. The number of unbranched alkanes of at least 4 members (excludes halogenated alkanes) is 1. The van der Waals surface area contributed by atoms with Crippen LogP contribution in [0.15, 0.2) is 0 Å². The van der Waals surface area contributed by atoms with Gasteiger partial charge in [0.15, 0.2) is 0 Å². The number of thiocarbonyl (C=S) groups is 3. The molecule has 0 saturated carbocycles. The number of rotatable bonds is 3. The van der Waals surface area contributed by atoms with Gasteiger partial charge in [0.1, 0.15) is 0 Å². The summed E-state index contributed by atoms with van der Waals surface area (Å²) in [5, 5.41) is 3.25. The third-order valence-electron chi connectivity index (χ3n) is 0.631. The van der Waals surface area contributed by atoms with Gasteiger partial charge in [-0.25, -0.2) is 14.4 Å². The average molecular weight is 371 g/mol. The van der Waals surface area contributed by atoms with Crippen LogP contribution >= 0.6 is 36.7 Å². The second kappa shape index (κ2) is 47.8. The van der Waals surface area contributed by atoms with E-state index in [4.69, 9.17) is 20.1 Å². The van der Waals surface area contributed by atoms with Gasteiger partial charge in [0.2, 0.25) is 15.7 Å². The molecule has 3 radical (unpaired) electrons. The van der Waals surface area contributed by atoms with Gasteiger partial charge >= 0.3 is 52.1 Å². The molecule has 0 unspecified atom stereocenters. The van der Waals surface area contributed by atoms with Crippen molar-refractivity contribution in [2.45, 2.75) is 17.3 Å². The van der Waals surface area contributed by atoms with Crippen LogP contribution in [0, 0.1) is 0 Å². The van der Waals surface area contributed by atoms with E-state index in [9.17, 15) is 0 Å². The van der Waals surface area contributed by atoms with Gasteiger partial charge in [0, 0.05) is 36.7 Å². The van der Waals surface area contributed by atoms with E-state index in [1.165, 1.54) is 17.3 Å². The molecule has 0 aromatic heterocycles. The number of nitrogens with two attached hydrogens (primary N) is 1. The quantitative estimate of drug-likeness (QED) is 0.452. The van der Waals surface area contributed by atoms with Crippen LogP contribution in [0.3, 0.4) is 0 Å². The van der Waals surface area contributed by atoms with Crippen molar-refractivity contribution in [1.82, 2.24) is 0 Å². The minimum atomic E-state index is 0.869. The van der Waals surface area contributed by atoms with Crippen LogP contribution in [0.4, 0.5) is 0 Å². The minimum Gasteiger partial charge on any atom is -0.220 e. The van der Waals surface area contributed by atoms with Gasteiger partial charge in [-0.3, -0.25) is 0 Å². The first kappa shape index (κ1) is 24.4.